The molecule has 6 heteroatoms. The molecule has 5 nitrogen and oxygen atoms in total. The van der Waals surface area contributed by atoms with Crippen molar-refractivity contribution in [3.8, 4) is 5.75 Å². The predicted molar refractivity (Wildman–Crippen MR) is 92.6 cm³/mol. The molecule has 1 atom stereocenters. The third-order valence-corrected chi connectivity index (χ3v) is 4.92. The van der Waals surface area contributed by atoms with Crippen LogP contribution in [0.4, 0.5) is 0 Å². The number of hydrogen-bond acceptors (Lipinski definition) is 5. The first-order valence-electron chi connectivity index (χ1n) is 8.10. The molecule has 0 amide bonds. The minimum absolute atomic E-state index is 0.0650. The Kier molecular flexibility index (Phi) is 4.97. The Balaban J connectivity index is 1.86. The lowest BCUT2D eigenvalue weighted by molar-refractivity contribution is 0.0505. The number of nitrogens with zero attached hydrogens (tertiary/aromatic N) is 1. The van der Waals surface area contributed by atoms with Gasteiger partial charge in [-0.15, -0.1) is 0 Å². The van der Waals surface area contributed by atoms with Crippen molar-refractivity contribution >= 4 is 17.6 Å². The van der Waals surface area contributed by atoms with Crippen molar-refractivity contribution < 1.29 is 9.47 Å². The van der Waals surface area contributed by atoms with E-state index in [1.165, 1.54) is 0 Å². The van der Waals surface area contributed by atoms with Crippen LogP contribution in [0.5, 0.6) is 5.75 Å². The summed E-state index contributed by atoms with van der Waals surface area (Å²) in [5.74, 6) is 1.76. The molecule has 1 aromatic rings. The first-order valence-corrected chi connectivity index (χ1v) is 8.47. The number of benzene rings is 1. The Morgan fingerprint density at radius 3 is 2.87 bits per heavy atom. The molecule has 0 saturated carbocycles. The molecule has 1 aromatic carbocycles. The van der Waals surface area contributed by atoms with Gasteiger partial charge in [-0.1, -0.05) is 11.6 Å². The molecule has 3 rings (SSSR count). The van der Waals surface area contributed by atoms with Gasteiger partial charge in [-0.05, 0) is 38.0 Å². The summed E-state index contributed by atoms with van der Waals surface area (Å²) in [4.78, 5) is 4.49. The van der Waals surface area contributed by atoms with Crippen LogP contribution in [-0.4, -0.2) is 45.4 Å². The van der Waals surface area contributed by atoms with Crippen LogP contribution in [-0.2, 0) is 10.2 Å². The lowest BCUT2D eigenvalue weighted by Gasteiger charge is -2.39. The molecular weight excluding hydrogens is 314 g/mol. The second-order valence-corrected chi connectivity index (χ2v) is 6.76. The molecule has 0 spiro atoms. The van der Waals surface area contributed by atoms with Gasteiger partial charge in [0.2, 0.25) is 0 Å². The van der Waals surface area contributed by atoms with Crippen molar-refractivity contribution in [2.24, 2.45) is 4.99 Å². The van der Waals surface area contributed by atoms with Crippen molar-refractivity contribution in [1.82, 2.24) is 10.6 Å². The Bertz CT molecular complexity index is 585. The molecule has 0 bridgehead atoms. The third kappa shape index (κ3) is 3.56. The smallest absolute Gasteiger partial charge is 0.191 e. The van der Waals surface area contributed by atoms with Gasteiger partial charge in [0.1, 0.15) is 5.75 Å². The van der Waals surface area contributed by atoms with Crippen molar-refractivity contribution in [3.63, 3.8) is 0 Å². The van der Waals surface area contributed by atoms with Crippen LogP contribution < -0.4 is 15.4 Å². The van der Waals surface area contributed by atoms with E-state index in [1.54, 1.807) is 7.11 Å². The quantitative estimate of drug-likeness (QED) is 0.885. The molecule has 2 aliphatic heterocycles. The van der Waals surface area contributed by atoms with E-state index in [1.807, 2.05) is 18.2 Å². The van der Waals surface area contributed by atoms with Crippen LogP contribution in [0.3, 0.4) is 0 Å². The molecule has 1 fully saturated rings. The molecule has 1 saturated heterocycles. The van der Waals surface area contributed by atoms with Gasteiger partial charge in [0, 0.05) is 41.8 Å². The maximum atomic E-state index is 6.26. The third-order valence-electron chi connectivity index (χ3n) is 4.68. The summed E-state index contributed by atoms with van der Waals surface area (Å²) in [6.45, 7) is 5.22. The zero-order valence-electron chi connectivity index (χ0n) is 13.7. The Morgan fingerprint density at radius 1 is 1.43 bits per heavy atom. The Labute approximate surface area is 142 Å². The lowest BCUT2D eigenvalue weighted by Crippen LogP contribution is -2.48. The number of nitrogens with one attached hydrogen (secondary N) is 2. The molecule has 1 unspecified atom stereocenters. The van der Waals surface area contributed by atoms with Gasteiger partial charge in [-0.25, -0.2) is 0 Å². The normalized spacial score (nSPS) is 23.1. The number of halogens is 1. The highest BCUT2D eigenvalue weighted by Gasteiger charge is 2.37. The van der Waals surface area contributed by atoms with Gasteiger partial charge in [-0.2, -0.15) is 0 Å². The van der Waals surface area contributed by atoms with Gasteiger partial charge in [0.05, 0.1) is 13.7 Å². The maximum Gasteiger partial charge on any atom is 0.191 e. The van der Waals surface area contributed by atoms with Crippen molar-refractivity contribution in [2.45, 2.75) is 31.2 Å². The van der Waals surface area contributed by atoms with Crippen molar-refractivity contribution in [3.05, 3.63) is 28.8 Å². The summed E-state index contributed by atoms with van der Waals surface area (Å²) >= 11 is 6.26. The summed E-state index contributed by atoms with van der Waals surface area (Å²) < 4.78 is 11.2. The van der Waals surface area contributed by atoms with E-state index in [0.717, 1.165) is 61.4 Å². The van der Waals surface area contributed by atoms with E-state index >= 15 is 0 Å². The average molecular weight is 338 g/mol. The second-order valence-electron chi connectivity index (χ2n) is 6.33. The lowest BCUT2D eigenvalue weighted by atomic mass is 9.73. The van der Waals surface area contributed by atoms with Crippen LogP contribution in [0.2, 0.25) is 5.02 Å². The van der Waals surface area contributed by atoms with Gasteiger partial charge in [0.25, 0.3) is 0 Å². The largest absolute Gasteiger partial charge is 0.496 e. The molecule has 0 radical (unpaired) electrons. The van der Waals surface area contributed by atoms with Crippen LogP contribution in [0, 0.1) is 0 Å². The maximum absolute atomic E-state index is 6.26. The highest BCUT2D eigenvalue weighted by molar-refractivity contribution is 6.30. The number of methoxy groups -OCH3 is 1. The standard InChI is InChI=1S/C17H24ClN3O2/c1-12-10-19-16(21-12)20-11-17(5-7-23-8-6-17)14-9-13(18)3-4-15(14)22-2/h3-4,9,12H,5-8,10-11H2,1-2H3,(H2,19,20,21). The van der Waals surface area contributed by atoms with Crippen molar-refractivity contribution in [2.75, 3.05) is 33.4 Å². The molecular formula is C17H24ClN3O2. The molecule has 2 N–H and O–H groups in total. The molecule has 23 heavy (non-hydrogen) atoms. The number of rotatable bonds is 4. The summed E-state index contributed by atoms with van der Waals surface area (Å²) in [6.07, 6.45) is 1.86. The van der Waals surface area contributed by atoms with E-state index < -0.39 is 0 Å². The van der Waals surface area contributed by atoms with Crippen LogP contribution in [0.1, 0.15) is 25.3 Å². The minimum Gasteiger partial charge on any atom is -0.496 e. The molecule has 2 aliphatic rings. The molecule has 0 aliphatic carbocycles. The highest BCUT2D eigenvalue weighted by atomic mass is 35.5. The first-order chi connectivity index (χ1) is 11.1. The minimum atomic E-state index is -0.0650. The van der Waals surface area contributed by atoms with Crippen LogP contribution >= 0.6 is 11.6 Å². The average Bonchev–Trinajstić information content (AvgIpc) is 2.99. The number of ether oxygens (including phenoxy) is 2. The van der Waals surface area contributed by atoms with E-state index in [-0.39, 0.29) is 5.41 Å². The van der Waals surface area contributed by atoms with Crippen LogP contribution in [0.15, 0.2) is 23.2 Å². The van der Waals surface area contributed by atoms with E-state index in [4.69, 9.17) is 21.1 Å². The Morgan fingerprint density at radius 2 is 2.22 bits per heavy atom. The van der Waals surface area contributed by atoms with Crippen LogP contribution in [0.25, 0.3) is 0 Å². The highest BCUT2D eigenvalue weighted by Crippen LogP contribution is 2.40. The van der Waals surface area contributed by atoms with Gasteiger partial charge < -0.3 is 20.1 Å². The number of hydrogen-bond donors (Lipinski definition) is 2. The summed E-state index contributed by atoms with van der Waals surface area (Å²) in [5.41, 5.74) is 1.08. The summed E-state index contributed by atoms with van der Waals surface area (Å²) in [6, 6.07) is 6.24. The molecule has 2 heterocycles. The predicted octanol–water partition coefficient (Wildman–Crippen LogP) is 2.33. The van der Waals surface area contributed by atoms with Gasteiger partial charge in [0.15, 0.2) is 5.96 Å². The molecule has 0 aromatic heterocycles. The zero-order valence-corrected chi connectivity index (χ0v) is 14.4. The monoisotopic (exact) mass is 337 g/mol. The SMILES string of the molecule is COc1ccc(Cl)cc1C1(CNC2=NCC(C)N2)CCOCC1. The Hall–Kier alpha value is -1.46. The zero-order chi connectivity index (χ0) is 16.3. The fourth-order valence-electron chi connectivity index (χ4n) is 3.31. The van der Waals surface area contributed by atoms with Gasteiger partial charge >= 0.3 is 0 Å². The molecule has 126 valence electrons. The fraction of sp³-hybridized carbons (Fsp3) is 0.588. The van der Waals surface area contributed by atoms with E-state index in [0.29, 0.717) is 6.04 Å². The van der Waals surface area contributed by atoms with E-state index in [2.05, 4.69) is 22.5 Å². The van der Waals surface area contributed by atoms with E-state index in [9.17, 15) is 0 Å². The second kappa shape index (κ2) is 6.97. The van der Waals surface area contributed by atoms with Gasteiger partial charge in [-0.3, -0.25) is 4.99 Å². The fourth-order valence-corrected chi connectivity index (χ4v) is 3.48. The number of aliphatic imine (C=N–C) groups is 1. The van der Waals surface area contributed by atoms with Crippen molar-refractivity contribution in [1.29, 1.82) is 0 Å². The first kappa shape index (κ1) is 16.4. The topological polar surface area (TPSA) is 54.9 Å². The number of guanidine groups is 1. The summed E-state index contributed by atoms with van der Waals surface area (Å²) in [5, 5.41) is 7.56. The summed E-state index contributed by atoms with van der Waals surface area (Å²) in [7, 11) is 1.71.